The summed E-state index contributed by atoms with van der Waals surface area (Å²) in [4.78, 5) is 30.0. The molecule has 0 aromatic heterocycles. The fraction of sp³-hybridized carbons (Fsp3) is 0.385. The van der Waals surface area contributed by atoms with Crippen LogP contribution in [-0.4, -0.2) is 78.2 Å². The molecule has 4 rings (SSSR count). The molecule has 180 valence electrons. The van der Waals surface area contributed by atoms with Crippen molar-refractivity contribution in [2.45, 2.75) is 19.4 Å². The number of hydrogen-bond donors (Lipinski definition) is 2. The van der Waals surface area contributed by atoms with Gasteiger partial charge in [0.25, 0.3) is 11.7 Å². The zero-order chi connectivity index (χ0) is 24.2. The number of carbonyl (C=O) groups is 2. The molecule has 2 saturated heterocycles. The van der Waals surface area contributed by atoms with E-state index in [9.17, 15) is 19.8 Å². The number of morpholine rings is 1. The van der Waals surface area contributed by atoms with Crippen LogP contribution in [0.25, 0.3) is 5.76 Å². The van der Waals surface area contributed by atoms with Crippen LogP contribution in [0.5, 0.6) is 11.5 Å². The number of amides is 1. The Morgan fingerprint density at radius 1 is 1.09 bits per heavy atom. The summed E-state index contributed by atoms with van der Waals surface area (Å²) in [5, 5.41) is 20.9. The molecule has 2 N–H and O–H groups in total. The smallest absolute Gasteiger partial charge is 0.295 e. The van der Waals surface area contributed by atoms with Crippen molar-refractivity contribution in [3.05, 3.63) is 64.7 Å². The minimum Gasteiger partial charge on any atom is -0.508 e. The minimum atomic E-state index is -0.743. The molecule has 2 fully saturated rings. The Morgan fingerprint density at radius 3 is 2.44 bits per heavy atom. The predicted octanol–water partition coefficient (Wildman–Crippen LogP) is 2.85. The second-order valence-electron chi connectivity index (χ2n) is 8.58. The first-order chi connectivity index (χ1) is 16.4. The molecular formula is C26H30N2O6. The van der Waals surface area contributed by atoms with Gasteiger partial charge in [0.15, 0.2) is 0 Å². The van der Waals surface area contributed by atoms with Crippen LogP contribution in [0.15, 0.2) is 48.0 Å². The number of aryl methyl sites for hydroxylation is 1. The first-order valence-corrected chi connectivity index (χ1v) is 11.4. The van der Waals surface area contributed by atoms with E-state index >= 15 is 0 Å². The second-order valence-corrected chi connectivity index (χ2v) is 8.58. The third-order valence-electron chi connectivity index (χ3n) is 6.39. The molecule has 8 heteroatoms. The van der Waals surface area contributed by atoms with Crippen molar-refractivity contribution in [2.75, 3.05) is 46.5 Å². The SMILES string of the molecule is COc1ccc(C(O)=C2C(=O)C(=O)N(CCCN3CCOCC3)[C@H]2c2ccc(O)cc2)cc1C. The molecule has 0 saturated carbocycles. The van der Waals surface area contributed by atoms with E-state index < -0.39 is 17.7 Å². The zero-order valence-electron chi connectivity index (χ0n) is 19.5. The molecule has 0 radical (unpaired) electrons. The first-order valence-electron chi connectivity index (χ1n) is 11.4. The number of nitrogens with zero attached hydrogens (tertiary/aromatic N) is 2. The number of carbonyl (C=O) groups excluding carboxylic acids is 2. The highest BCUT2D eigenvalue weighted by Gasteiger charge is 2.45. The van der Waals surface area contributed by atoms with E-state index in [0.717, 1.165) is 25.2 Å². The lowest BCUT2D eigenvalue weighted by Gasteiger charge is -2.29. The number of rotatable bonds is 7. The van der Waals surface area contributed by atoms with E-state index in [1.807, 2.05) is 6.92 Å². The Kier molecular flexibility index (Phi) is 7.19. The van der Waals surface area contributed by atoms with Gasteiger partial charge in [-0.3, -0.25) is 14.5 Å². The van der Waals surface area contributed by atoms with Gasteiger partial charge in [-0.2, -0.15) is 0 Å². The van der Waals surface area contributed by atoms with Crippen LogP contribution >= 0.6 is 0 Å². The summed E-state index contributed by atoms with van der Waals surface area (Å²) in [7, 11) is 1.56. The molecule has 0 unspecified atom stereocenters. The highest BCUT2D eigenvalue weighted by atomic mass is 16.5. The molecule has 8 nitrogen and oxygen atoms in total. The zero-order valence-corrected chi connectivity index (χ0v) is 19.5. The molecule has 1 amide bonds. The van der Waals surface area contributed by atoms with Gasteiger partial charge in [-0.1, -0.05) is 12.1 Å². The lowest BCUT2D eigenvalue weighted by atomic mass is 9.94. The lowest BCUT2D eigenvalue weighted by Crippen LogP contribution is -2.38. The van der Waals surface area contributed by atoms with Gasteiger partial charge in [-0.05, 0) is 54.8 Å². The molecule has 34 heavy (non-hydrogen) atoms. The predicted molar refractivity (Wildman–Crippen MR) is 127 cm³/mol. The maximum absolute atomic E-state index is 13.1. The Labute approximate surface area is 199 Å². The van der Waals surface area contributed by atoms with Crippen LogP contribution in [0.4, 0.5) is 0 Å². The van der Waals surface area contributed by atoms with Crippen LogP contribution in [0.2, 0.25) is 0 Å². The number of benzene rings is 2. The number of phenols is 1. The third kappa shape index (κ3) is 4.78. The van der Waals surface area contributed by atoms with Gasteiger partial charge in [0.05, 0.1) is 31.9 Å². The molecule has 2 aromatic rings. The van der Waals surface area contributed by atoms with Crippen LogP contribution in [0.1, 0.15) is 29.2 Å². The monoisotopic (exact) mass is 466 g/mol. The average Bonchev–Trinajstić information content (AvgIpc) is 3.09. The lowest BCUT2D eigenvalue weighted by molar-refractivity contribution is -0.140. The summed E-state index contributed by atoms with van der Waals surface area (Å²) in [5.74, 6) is -0.825. The Bertz CT molecular complexity index is 1090. The maximum Gasteiger partial charge on any atom is 0.295 e. The number of methoxy groups -OCH3 is 1. The minimum absolute atomic E-state index is 0.0478. The highest BCUT2D eigenvalue weighted by molar-refractivity contribution is 6.46. The summed E-state index contributed by atoms with van der Waals surface area (Å²) in [6.07, 6.45) is 0.684. The number of aliphatic hydroxyl groups is 1. The maximum atomic E-state index is 13.1. The molecule has 0 spiro atoms. The van der Waals surface area contributed by atoms with Gasteiger partial charge < -0.3 is 24.6 Å². The number of aliphatic hydroxyl groups excluding tert-OH is 1. The van der Waals surface area contributed by atoms with Crippen molar-refractivity contribution in [1.82, 2.24) is 9.80 Å². The average molecular weight is 467 g/mol. The normalized spacial score (nSPS) is 20.6. The summed E-state index contributed by atoms with van der Waals surface area (Å²) >= 11 is 0. The van der Waals surface area contributed by atoms with E-state index in [1.165, 1.54) is 17.0 Å². The van der Waals surface area contributed by atoms with Gasteiger partial charge in [-0.25, -0.2) is 0 Å². The van der Waals surface area contributed by atoms with Crippen LogP contribution in [-0.2, 0) is 14.3 Å². The van der Waals surface area contributed by atoms with Crippen LogP contribution < -0.4 is 4.74 Å². The largest absolute Gasteiger partial charge is 0.508 e. The molecule has 1 atom stereocenters. The van der Waals surface area contributed by atoms with E-state index in [0.29, 0.717) is 43.1 Å². The Morgan fingerprint density at radius 2 is 1.79 bits per heavy atom. The van der Waals surface area contributed by atoms with Gasteiger partial charge in [0, 0.05) is 31.7 Å². The van der Waals surface area contributed by atoms with Crippen LogP contribution in [0.3, 0.4) is 0 Å². The van der Waals surface area contributed by atoms with Gasteiger partial charge in [0.1, 0.15) is 17.3 Å². The fourth-order valence-corrected chi connectivity index (χ4v) is 4.58. The summed E-state index contributed by atoms with van der Waals surface area (Å²) in [6.45, 7) is 6.07. The van der Waals surface area contributed by atoms with Crippen molar-refractivity contribution in [1.29, 1.82) is 0 Å². The third-order valence-corrected chi connectivity index (χ3v) is 6.39. The van der Waals surface area contributed by atoms with Crippen molar-refractivity contribution >= 4 is 17.4 Å². The summed E-state index contributed by atoms with van der Waals surface area (Å²) in [5.41, 5.74) is 1.93. The van der Waals surface area contributed by atoms with E-state index in [1.54, 1.807) is 37.4 Å². The number of likely N-dealkylation sites (tertiary alicyclic amines) is 1. The quantitative estimate of drug-likeness (QED) is 0.368. The number of aromatic hydroxyl groups is 1. The van der Waals surface area contributed by atoms with E-state index in [2.05, 4.69) is 4.90 Å². The molecule has 2 aliphatic heterocycles. The van der Waals surface area contributed by atoms with E-state index in [-0.39, 0.29) is 17.1 Å². The standard InChI is InChI=1S/C26H30N2O6/c1-17-16-19(6-9-21(17)33-2)24(30)22-23(18-4-7-20(29)8-5-18)28(26(32)25(22)31)11-3-10-27-12-14-34-15-13-27/h4-9,16,23,29-30H,3,10-15H2,1-2H3/t23-/m0/s1. The highest BCUT2D eigenvalue weighted by Crippen LogP contribution is 2.40. The Balaban J connectivity index is 1.68. The van der Waals surface area contributed by atoms with Gasteiger partial charge >= 0.3 is 0 Å². The fourth-order valence-electron chi connectivity index (χ4n) is 4.58. The van der Waals surface area contributed by atoms with Gasteiger partial charge in [-0.15, -0.1) is 0 Å². The molecule has 2 heterocycles. The Hall–Kier alpha value is -3.36. The number of phenolic OH excluding ortho intramolecular Hbond substituents is 1. The number of ether oxygens (including phenoxy) is 2. The molecule has 0 aliphatic carbocycles. The molecular weight excluding hydrogens is 436 g/mol. The molecule has 2 aliphatic rings. The molecule has 0 bridgehead atoms. The van der Waals surface area contributed by atoms with Gasteiger partial charge in [0.2, 0.25) is 0 Å². The number of ketones is 1. The summed E-state index contributed by atoms with van der Waals surface area (Å²) < 4.78 is 10.7. The summed E-state index contributed by atoms with van der Waals surface area (Å²) in [6, 6.07) is 10.8. The van der Waals surface area contributed by atoms with Crippen molar-refractivity contribution in [3.8, 4) is 11.5 Å². The molecule has 2 aromatic carbocycles. The topological polar surface area (TPSA) is 99.5 Å². The van der Waals surface area contributed by atoms with Crippen molar-refractivity contribution in [2.24, 2.45) is 0 Å². The number of hydrogen-bond acceptors (Lipinski definition) is 7. The van der Waals surface area contributed by atoms with E-state index in [4.69, 9.17) is 9.47 Å². The van der Waals surface area contributed by atoms with Crippen molar-refractivity contribution in [3.63, 3.8) is 0 Å². The second kappa shape index (κ2) is 10.3. The number of Topliss-reactive ketones (excluding diaryl/α,β-unsaturated/α-hetero) is 1. The van der Waals surface area contributed by atoms with Crippen LogP contribution in [0, 0.1) is 6.92 Å². The van der Waals surface area contributed by atoms with Crippen molar-refractivity contribution < 1.29 is 29.3 Å². The first kappa shape index (κ1) is 23.8.